The highest BCUT2D eigenvalue weighted by molar-refractivity contribution is 7.80. The first-order valence-electron chi connectivity index (χ1n) is 4.82. The Kier molecular flexibility index (Phi) is 5.50. The van der Waals surface area contributed by atoms with Crippen LogP contribution in [0.25, 0.3) is 6.08 Å². The van der Waals surface area contributed by atoms with Gasteiger partial charge in [0.1, 0.15) is 4.88 Å². The molecule has 0 aliphatic heterocycles. The molecule has 1 aromatic rings. The number of hydrogen-bond donors (Lipinski definition) is 1. The van der Waals surface area contributed by atoms with E-state index in [1.165, 1.54) is 11.3 Å². The first-order valence-corrected chi connectivity index (χ1v) is 6.27. The summed E-state index contributed by atoms with van der Waals surface area (Å²) >= 11 is 5.56. The number of ether oxygens (including phenoxy) is 1. The van der Waals surface area contributed by atoms with Crippen LogP contribution in [-0.4, -0.2) is 18.3 Å². The third-order valence-electron chi connectivity index (χ3n) is 1.68. The van der Waals surface area contributed by atoms with Crippen LogP contribution in [0.5, 0.6) is 0 Å². The Hall–Kier alpha value is -0.740. The Balaban J connectivity index is 2.59. The van der Waals surface area contributed by atoms with Gasteiger partial charge in [0.25, 0.3) is 0 Å². The van der Waals surface area contributed by atoms with Crippen molar-refractivity contribution in [2.45, 2.75) is 13.3 Å². The molecule has 15 heavy (non-hydrogen) atoms. The van der Waals surface area contributed by atoms with E-state index in [2.05, 4.69) is 12.6 Å². The molecular formula is C11H14O2S2. The van der Waals surface area contributed by atoms with Crippen molar-refractivity contribution in [1.29, 1.82) is 0 Å². The maximum absolute atomic E-state index is 11.3. The smallest absolute Gasteiger partial charge is 0.348 e. The third kappa shape index (κ3) is 4.10. The van der Waals surface area contributed by atoms with Crippen molar-refractivity contribution in [2.75, 3.05) is 12.4 Å². The number of carbonyl (C=O) groups excluding carboxylic acids is 1. The normalized spacial score (nSPS) is 10.8. The minimum absolute atomic E-state index is 0.239. The largest absolute Gasteiger partial charge is 0.462 e. The summed E-state index contributed by atoms with van der Waals surface area (Å²) in [4.78, 5) is 13.1. The minimum atomic E-state index is -0.239. The first kappa shape index (κ1) is 12.3. The minimum Gasteiger partial charge on any atom is -0.462 e. The second-order valence-electron chi connectivity index (χ2n) is 2.84. The van der Waals surface area contributed by atoms with Gasteiger partial charge < -0.3 is 4.74 Å². The quantitative estimate of drug-likeness (QED) is 0.633. The summed E-state index contributed by atoms with van der Waals surface area (Å²) < 4.78 is 4.90. The molecule has 0 radical (unpaired) electrons. The molecule has 0 spiro atoms. The Morgan fingerprint density at radius 3 is 3.07 bits per heavy atom. The maximum atomic E-state index is 11.3. The second-order valence-corrected chi connectivity index (χ2v) is 4.40. The lowest BCUT2D eigenvalue weighted by atomic mass is 10.3. The van der Waals surface area contributed by atoms with Crippen molar-refractivity contribution in [3.63, 3.8) is 0 Å². The van der Waals surface area contributed by atoms with E-state index in [1.54, 1.807) is 13.0 Å². The van der Waals surface area contributed by atoms with Gasteiger partial charge in [0.05, 0.1) is 6.61 Å². The standard InChI is InChI=1S/C11H14O2S2/c1-2-13-11(12)10-7-6-9(15-10)5-3-4-8-14/h3,5-7,14H,2,4,8H2,1H3. The number of carbonyl (C=O) groups is 1. The van der Waals surface area contributed by atoms with Gasteiger partial charge in [-0.15, -0.1) is 11.3 Å². The molecule has 4 heteroatoms. The molecule has 82 valence electrons. The summed E-state index contributed by atoms with van der Waals surface area (Å²) in [6, 6.07) is 3.72. The lowest BCUT2D eigenvalue weighted by Gasteiger charge is -1.96. The van der Waals surface area contributed by atoms with E-state index in [1.807, 2.05) is 18.2 Å². The summed E-state index contributed by atoms with van der Waals surface area (Å²) in [5.41, 5.74) is 0. The average molecular weight is 242 g/mol. The fraction of sp³-hybridized carbons (Fsp3) is 0.364. The van der Waals surface area contributed by atoms with Gasteiger partial charge in [-0.2, -0.15) is 12.6 Å². The van der Waals surface area contributed by atoms with Gasteiger partial charge in [0.2, 0.25) is 0 Å². The van der Waals surface area contributed by atoms with Crippen LogP contribution in [0.3, 0.4) is 0 Å². The van der Waals surface area contributed by atoms with Crippen LogP contribution in [0.2, 0.25) is 0 Å². The van der Waals surface area contributed by atoms with Crippen LogP contribution in [0.1, 0.15) is 27.9 Å². The molecule has 0 N–H and O–H groups in total. The molecule has 0 aliphatic carbocycles. The Morgan fingerprint density at radius 2 is 2.40 bits per heavy atom. The van der Waals surface area contributed by atoms with Gasteiger partial charge >= 0.3 is 5.97 Å². The Labute approximate surface area is 99.4 Å². The van der Waals surface area contributed by atoms with Crippen molar-refractivity contribution in [3.05, 3.63) is 28.0 Å². The highest BCUT2D eigenvalue weighted by Gasteiger charge is 2.08. The summed E-state index contributed by atoms with van der Waals surface area (Å²) in [6.45, 7) is 2.22. The lowest BCUT2D eigenvalue weighted by molar-refractivity contribution is 0.0532. The van der Waals surface area contributed by atoms with Gasteiger partial charge in [0.15, 0.2) is 0 Å². The fourth-order valence-electron chi connectivity index (χ4n) is 1.03. The molecule has 1 aromatic heterocycles. The monoisotopic (exact) mass is 242 g/mol. The topological polar surface area (TPSA) is 26.3 Å². The molecule has 0 bridgehead atoms. The zero-order valence-electron chi connectivity index (χ0n) is 8.60. The van der Waals surface area contributed by atoms with E-state index in [4.69, 9.17) is 4.74 Å². The van der Waals surface area contributed by atoms with Gasteiger partial charge in [0, 0.05) is 4.88 Å². The van der Waals surface area contributed by atoms with Crippen LogP contribution in [0.4, 0.5) is 0 Å². The molecule has 0 amide bonds. The lowest BCUT2D eigenvalue weighted by Crippen LogP contribution is -2.01. The fourth-order valence-corrected chi connectivity index (χ4v) is 2.01. The molecule has 0 saturated carbocycles. The number of hydrogen-bond acceptors (Lipinski definition) is 4. The van der Waals surface area contributed by atoms with Crippen LogP contribution < -0.4 is 0 Å². The van der Waals surface area contributed by atoms with Crippen LogP contribution in [0.15, 0.2) is 18.2 Å². The van der Waals surface area contributed by atoms with Gasteiger partial charge in [-0.3, -0.25) is 0 Å². The first-order chi connectivity index (χ1) is 7.27. The summed E-state index contributed by atoms with van der Waals surface area (Å²) in [5.74, 6) is 0.600. The molecule has 0 atom stereocenters. The van der Waals surface area contributed by atoms with Crippen LogP contribution in [-0.2, 0) is 4.74 Å². The molecule has 1 heterocycles. The third-order valence-corrected chi connectivity index (χ3v) is 2.97. The Bertz CT molecular complexity index is 342. The van der Waals surface area contributed by atoms with Gasteiger partial charge in [-0.1, -0.05) is 6.08 Å². The van der Waals surface area contributed by atoms with E-state index >= 15 is 0 Å². The summed E-state index contributed by atoms with van der Waals surface area (Å²) in [7, 11) is 0. The number of rotatable bonds is 5. The van der Waals surface area contributed by atoms with Crippen LogP contribution in [0, 0.1) is 0 Å². The molecule has 0 fully saturated rings. The number of thiol groups is 1. The summed E-state index contributed by atoms with van der Waals surface area (Å²) in [6.07, 6.45) is 4.99. The molecule has 0 aliphatic rings. The van der Waals surface area contributed by atoms with E-state index in [0.29, 0.717) is 11.5 Å². The van der Waals surface area contributed by atoms with Crippen molar-refractivity contribution in [3.8, 4) is 0 Å². The van der Waals surface area contributed by atoms with Crippen molar-refractivity contribution in [2.24, 2.45) is 0 Å². The zero-order valence-corrected chi connectivity index (χ0v) is 10.3. The molecule has 0 aromatic carbocycles. The maximum Gasteiger partial charge on any atom is 0.348 e. The van der Waals surface area contributed by atoms with Crippen molar-refractivity contribution in [1.82, 2.24) is 0 Å². The van der Waals surface area contributed by atoms with E-state index < -0.39 is 0 Å². The molecular weight excluding hydrogens is 228 g/mol. The predicted octanol–water partition coefficient (Wildman–Crippen LogP) is 3.26. The summed E-state index contributed by atoms with van der Waals surface area (Å²) in [5, 5.41) is 0. The highest BCUT2D eigenvalue weighted by Crippen LogP contribution is 2.19. The predicted molar refractivity (Wildman–Crippen MR) is 67.8 cm³/mol. The van der Waals surface area contributed by atoms with Gasteiger partial charge in [-0.05, 0) is 37.3 Å². The molecule has 1 rings (SSSR count). The number of allylic oxidation sites excluding steroid dienone is 1. The molecule has 0 unspecified atom stereocenters. The SMILES string of the molecule is CCOC(=O)c1ccc(C=CCCS)s1. The van der Waals surface area contributed by atoms with Crippen molar-refractivity contribution < 1.29 is 9.53 Å². The zero-order chi connectivity index (χ0) is 11.1. The molecule has 0 saturated heterocycles. The number of esters is 1. The van der Waals surface area contributed by atoms with E-state index in [-0.39, 0.29) is 5.97 Å². The molecule has 2 nitrogen and oxygen atoms in total. The average Bonchev–Trinajstić information content (AvgIpc) is 2.67. The Morgan fingerprint density at radius 1 is 1.60 bits per heavy atom. The van der Waals surface area contributed by atoms with Gasteiger partial charge in [-0.25, -0.2) is 4.79 Å². The van der Waals surface area contributed by atoms with E-state index in [9.17, 15) is 4.79 Å². The number of thiophene rings is 1. The van der Waals surface area contributed by atoms with Crippen LogP contribution >= 0.6 is 24.0 Å². The van der Waals surface area contributed by atoms with Crippen molar-refractivity contribution >= 4 is 36.0 Å². The second kappa shape index (κ2) is 6.69. The van der Waals surface area contributed by atoms with E-state index in [0.717, 1.165) is 17.1 Å². The highest BCUT2D eigenvalue weighted by atomic mass is 32.1.